The van der Waals surface area contributed by atoms with Crippen LogP contribution in [0, 0.1) is 6.92 Å². The number of amides is 1. The Balaban J connectivity index is 2.00. The highest BCUT2D eigenvalue weighted by Crippen LogP contribution is 2.13. The van der Waals surface area contributed by atoms with Gasteiger partial charge in [0.15, 0.2) is 18.1 Å². The molecule has 1 heterocycles. The number of anilines is 1. The molecule has 0 unspecified atom stereocenters. The Morgan fingerprint density at radius 1 is 1.15 bits per heavy atom. The van der Waals surface area contributed by atoms with E-state index in [0.717, 1.165) is 0 Å². The third-order valence-corrected chi connectivity index (χ3v) is 3.85. The lowest BCUT2D eigenvalue weighted by molar-refractivity contribution is -0.118. The van der Waals surface area contributed by atoms with E-state index in [4.69, 9.17) is 9.47 Å². The summed E-state index contributed by atoms with van der Waals surface area (Å²) in [7, 11) is 1.60. The van der Waals surface area contributed by atoms with E-state index in [0.29, 0.717) is 30.1 Å². The van der Waals surface area contributed by atoms with Crippen LogP contribution in [0.1, 0.15) is 23.0 Å². The number of hydrogen-bond donors (Lipinski definition) is 1. The number of carbonyl (C=O) groups excluding carboxylic acids is 2. The highest BCUT2D eigenvalue weighted by Gasteiger charge is 2.11. The van der Waals surface area contributed by atoms with E-state index in [2.05, 4.69) is 5.32 Å². The monoisotopic (exact) mass is 358 g/mol. The molecule has 0 aliphatic heterocycles. The number of ether oxygens (including phenoxy) is 2. The summed E-state index contributed by atoms with van der Waals surface area (Å²) >= 11 is 0. The lowest BCUT2D eigenvalue weighted by Gasteiger charge is -2.14. The summed E-state index contributed by atoms with van der Waals surface area (Å²) in [6, 6.07) is 7.94. The first-order chi connectivity index (χ1) is 12.4. The van der Waals surface area contributed by atoms with Crippen LogP contribution in [-0.4, -0.2) is 36.6 Å². The lowest BCUT2D eigenvalue weighted by Crippen LogP contribution is -2.24. The molecule has 0 radical (unpaired) electrons. The van der Waals surface area contributed by atoms with Crippen molar-refractivity contribution in [3.63, 3.8) is 0 Å². The van der Waals surface area contributed by atoms with Crippen molar-refractivity contribution in [2.45, 2.75) is 20.4 Å². The van der Waals surface area contributed by atoms with Gasteiger partial charge in [0.2, 0.25) is 5.43 Å². The number of methoxy groups -OCH3 is 1. The number of ketones is 1. The molecule has 1 N–H and O–H groups in total. The molecule has 0 saturated carbocycles. The summed E-state index contributed by atoms with van der Waals surface area (Å²) in [5, 5.41) is 2.66. The van der Waals surface area contributed by atoms with Gasteiger partial charge in [-0.1, -0.05) is 0 Å². The van der Waals surface area contributed by atoms with Crippen molar-refractivity contribution < 1.29 is 19.1 Å². The van der Waals surface area contributed by atoms with Gasteiger partial charge in [-0.2, -0.15) is 0 Å². The molecule has 0 atom stereocenters. The molecule has 0 aliphatic rings. The first-order valence-corrected chi connectivity index (χ1v) is 8.15. The topological polar surface area (TPSA) is 86.6 Å². The number of hydrogen-bond acceptors (Lipinski definition) is 5. The average molecular weight is 358 g/mol. The van der Waals surface area contributed by atoms with Gasteiger partial charge in [-0.15, -0.1) is 0 Å². The highest BCUT2D eigenvalue weighted by atomic mass is 16.5. The van der Waals surface area contributed by atoms with Crippen LogP contribution in [0.4, 0.5) is 5.69 Å². The molecule has 1 aromatic carbocycles. The third-order valence-electron chi connectivity index (χ3n) is 3.85. The van der Waals surface area contributed by atoms with Crippen LogP contribution in [0.25, 0.3) is 0 Å². The van der Waals surface area contributed by atoms with Crippen LogP contribution in [0.5, 0.6) is 5.75 Å². The normalized spacial score (nSPS) is 10.4. The van der Waals surface area contributed by atoms with E-state index in [1.54, 1.807) is 44.5 Å². The Morgan fingerprint density at radius 3 is 2.46 bits per heavy atom. The van der Waals surface area contributed by atoms with Gasteiger partial charge in [0.25, 0.3) is 5.91 Å². The molecule has 0 fully saturated rings. The second-order valence-electron chi connectivity index (χ2n) is 5.75. The predicted molar refractivity (Wildman–Crippen MR) is 97.9 cm³/mol. The Labute approximate surface area is 151 Å². The smallest absolute Gasteiger partial charge is 0.262 e. The number of nitrogens with zero attached hydrogens (tertiary/aromatic N) is 1. The number of carbonyl (C=O) groups is 2. The lowest BCUT2D eigenvalue weighted by atomic mass is 10.1. The number of pyridine rings is 1. The van der Waals surface area contributed by atoms with Crippen LogP contribution in [-0.2, 0) is 16.1 Å². The van der Waals surface area contributed by atoms with Crippen molar-refractivity contribution in [3.05, 3.63) is 58.0 Å². The Hall–Kier alpha value is -2.93. The predicted octanol–water partition coefficient (Wildman–Crippen LogP) is 2.02. The molecular formula is C19H22N2O5. The molecule has 138 valence electrons. The summed E-state index contributed by atoms with van der Waals surface area (Å²) in [5.74, 6) is -0.298. The summed E-state index contributed by atoms with van der Waals surface area (Å²) in [6.07, 6.45) is 1.67. The van der Waals surface area contributed by atoms with E-state index in [1.807, 2.05) is 4.57 Å². The van der Waals surface area contributed by atoms with Gasteiger partial charge in [0.1, 0.15) is 0 Å². The second-order valence-corrected chi connectivity index (χ2v) is 5.75. The molecule has 0 spiro atoms. The summed E-state index contributed by atoms with van der Waals surface area (Å²) in [6.45, 7) is 4.01. The van der Waals surface area contributed by atoms with Crippen molar-refractivity contribution in [1.29, 1.82) is 0 Å². The SMILES string of the molecule is COCCn1ccc(=O)c(OCC(=O)Nc2ccc(C(C)=O)cc2)c1C. The van der Waals surface area contributed by atoms with Crippen molar-refractivity contribution in [2.24, 2.45) is 0 Å². The van der Waals surface area contributed by atoms with Gasteiger partial charge in [0.05, 0.1) is 12.3 Å². The first-order valence-electron chi connectivity index (χ1n) is 8.15. The molecule has 0 bridgehead atoms. The quantitative estimate of drug-likeness (QED) is 0.730. The first kappa shape index (κ1) is 19.4. The van der Waals surface area contributed by atoms with Gasteiger partial charge < -0.3 is 19.4 Å². The van der Waals surface area contributed by atoms with Crippen molar-refractivity contribution in [3.8, 4) is 5.75 Å². The maximum Gasteiger partial charge on any atom is 0.262 e. The zero-order valence-electron chi connectivity index (χ0n) is 15.1. The van der Waals surface area contributed by atoms with Crippen LogP contribution in [0.3, 0.4) is 0 Å². The van der Waals surface area contributed by atoms with Crippen LogP contribution >= 0.6 is 0 Å². The number of benzene rings is 1. The summed E-state index contributed by atoms with van der Waals surface area (Å²) in [4.78, 5) is 35.3. The molecule has 7 heteroatoms. The minimum Gasteiger partial charge on any atom is -0.478 e. The molecule has 1 aromatic heterocycles. The average Bonchev–Trinajstić information content (AvgIpc) is 2.61. The number of Topliss-reactive ketones (excluding diaryl/α,β-unsaturated/α-hetero) is 1. The third kappa shape index (κ3) is 5.03. The van der Waals surface area contributed by atoms with E-state index in [9.17, 15) is 14.4 Å². The fourth-order valence-corrected chi connectivity index (χ4v) is 2.38. The standard InChI is InChI=1S/C19H22N2O5/c1-13-19(17(23)8-9-21(13)10-11-25-3)26-12-18(24)20-16-6-4-15(5-7-16)14(2)22/h4-9H,10-12H2,1-3H3,(H,20,24). The molecule has 26 heavy (non-hydrogen) atoms. The largest absolute Gasteiger partial charge is 0.478 e. The summed E-state index contributed by atoms with van der Waals surface area (Å²) in [5.41, 5.74) is 1.46. The molecule has 0 aliphatic carbocycles. The van der Waals surface area contributed by atoms with Crippen LogP contribution < -0.4 is 15.5 Å². The number of nitrogens with one attached hydrogen (secondary N) is 1. The minimum absolute atomic E-state index is 0.0458. The number of rotatable bonds is 8. The van der Waals surface area contributed by atoms with E-state index < -0.39 is 5.91 Å². The zero-order valence-corrected chi connectivity index (χ0v) is 15.1. The maximum atomic E-state index is 12.1. The van der Waals surface area contributed by atoms with Gasteiger partial charge in [-0.25, -0.2) is 0 Å². The van der Waals surface area contributed by atoms with Crippen LogP contribution in [0.2, 0.25) is 0 Å². The molecule has 7 nitrogen and oxygen atoms in total. The Morgan fingerprint density at radius 2 is 1.85 bits per heavy atom. The van der Waals surface area contributed by atoms with Gasteiger partial charge >= 0.3 is 0 Å². The van der Waals surface area contributed by atoms with Gasteiger partial charge in [-0.3, -0.25) is 14.4 Å². The van der Waals surface area contributed by atoms with Gasteiger partial charge in [-0.05, 0) is 38.1 Å². The van der Waals surface area contributed by atoms with Crippen molar-refractivity contribution in [1.82, 2.24) is 4.57 Å². The van der Waals surface area contributed by atoms with Crippen molar-refractivity contribution in [2.75, 3.05) is 25.6 Å². The van der Waals surface area contributed by atoms with E-state index >= 15 is 0 Å². The zero-order chi connectivity index (χ0) is 19.1. The Bertz CT molecular complexity index is 840. The molecule has 0 saturated heterocycles. The fraction of sp³-hybridized carbons (Fsp3) is 0.316. The van der Waals surface area contributed by atoms with Crippen LogP contribution in [0.15, 0.2) is 41.3 Å². The summed E-state index contributed by atoms with van der Waals surface area (Å²) < 4.78 is 12.3. The molecule has 2 aromatic rings. The van der Waals surface area contributed by atoms with E-state index in [1.165, 1.54) is 13.0 Å². The molecule has 2 rings (SSSR count). The second kappa shape index (κ2) is 8.96. The van der Waals surface area contributed by atoms with E-state index in [-0.39, 0.29) is 23.6 Å². The number of aromatic nitrogens is 1. The molecule has 1 amide bonds. The van der Waals surface area contributed by atoms with Gasteiger partial charge in [0, 0.05) is 37.2 Å². The minimum atomic E-state index is -0.397. The fourth-order valence-electron chi connectivity index (χ4n) is 2.38. The Kier molecular flexibility index (Phi) is 6.68. The maximum absolute atomic E-state index is 12.1. The van der Waals surface area contributed by atoms with Crippen molar-refractivity contribution >= 4 is 17.4 Å². The molecular weight excluding hydrogens is 336 g/mol. The highest BCUT2D eigenvalue weighted by molar-refractivity contribution is 5.95.